The first-order valence-electron chi connectivity index (χ1n) is 10.9. The number of aromatic nitrogens is 2. The number of piperazine rings is 1. The van der Waals surface area contributed by atoms with Gasteiger partial charge in [-0.05, 0) is 51.9 Å². The van der Waals surface area contributed by atoms with E-state index in [1.807, 2.05) is 48.9 Å². The van der Waals surface area contributed by atoms with Gasteiger partial charge in [0.2, 0.25) is 5.91 Å². The third-order valence-electron chi connectivity index (χ3n) is 5.91. The summed E-state index contributed by atoms with van der Waals surface area (Å²) in [6.45, 7) is 14.0. The number of unbranched alkanes of at least 4 members (excludes halogenated alkanes) is 1. The molecule has 29 heavy (non-hydrogen) atoms. The minimum Gasteiger partial charge on any atom is -0.356 e. The Kier molecular flexibility index (Phi) is 7.83. The fourth-order valence-electron chi connectivity index (χ4n) is 3.99. The SMILES string of the molecule is CCN1CCN(CCCCNC(=O)Cc2c(C)nn(-c3ccccc3)c2C)CC1. The molecule has 0 radical (unpaired) electrons. The molecule has 0 unspecified atom stereocenters. The third-order valence-corrected chi connectivity index (χ3v) is 5.91. The van der Waals surface area contributed by atoms with Crippen LogP contribution in [0.3, 0.4) is 0 Å². The number of hydrogen-bond donors (Lipinski definition) is 1. The Balaban J connectivity index is 1.39. The maximum absolute atomic E-state index is 12.4. The van der Waals surface area contributed by atoms with Crippen LogP contribution in [0.25, 0.3) is 5.69 Å². The molecule has 6 heteroatoms. The maximum Gasteiger partial charge on any atom is 0.224 e. The number of nitrogens with zero attached hydrogens (tertiary/aromatic N) is 4. The van der Waals surface area contributed by atoms with Crippen LogP contribution in [0.1, 0.15) is 36.7 Å². The predicted molar refractivity (Wildman–Crippen MR) is 118 cm³/mol. The molecule has 0 bridgehead atoms. The predicted octanol–water partition coefficient (Wildman–Crippen LogP) is 2.57. The van der Waals surface area contributed by atoms with E-state index in [0.717, 1.165) is 55.1 Å². The van der Waals surface area contributed by atoms with E-state index in [1.54, 1.807) is 0 Å². The Bertz CT molecular complexity index is 778. The molecule has 3 rings (SSSR count). The zero-order valence-electron chi connectivity index (χ0n) is 18.2. The second-order valence-corrected chi connectivity index (χ2v) is 7.91. The highest BCUT2D eigenvalue weighted by molar-refractivity contribution is 5.79. The second kappa shape index (κ2) is 10.6. The lowest BCUT2D eigenvalue weighted by Crippen LogP contribution is -2.46. The summed E-state index contributed by atoms with van der Waals surface area (Å²) >= 11 is 0. The lowest BCUT2D eigenvalue weighted by atomic mass is 10.1. The minimum absolute atomic E-state index is 0.0837. The van der Waals surface area contributed by atoms with Gasteiger partial charge in [0.1, 0.15) is 0 Å². The van der Waals surface area contributed by atoms with Gasteiger partial charge >= 0.3 is 0 Å². The van der Waals surface area contributed by atoms with Crippen molar-refractivity contribution in [3.63, 3.8) is 0 Å². The van der Waals surface area contributed by atoms with Gasteiger partial charge in [-0.15, -0.1) is 0 Å². The summed E-state index contributed by atoms with van der Waals surface area (Å²) in [4.78, 5) is 17.5. The fraction of sp³-hybridized carbons (Fsp3) is 0.565. The summed E-state index contributed by atoms with van der Waals surface area (Å²) in [5, 5.41) is 7.72. The van der Waals surface area contributed by atoms with Gasteiger partial charge in [0.15, 0.2) is 0 Å². The molecule has 1 amide bonds. The molecule has 0 atom stereocenters. The largest absolute Gasteiger partial charge is 0.356 e. The average molecular weight is 398 g/mol. The van der Waals surface area contributed by atoms with Crippen molar-refractivity contribution >= 4 is 5.91 Å². The topological polar surface area (TPSA) is 53.4 Å². The Morgan fingerprint density at radius 3 is 2.41 bits per heavy atom. The van der Waals surface area contributed by atoms with Gasteiger partial charge in [-0.25, -0.2) is 4.68 Å². The number of rotatable bonds is 9. The molecular weight excluding hydrogens is 362 g/mol. The molecule has 6 nitrogen and oxygen atoms in total. The molecule has 0 saturated carbocycles. The number of nitrogens with one attached hydrogen (secondary N) is 1. The number of amides is 1. The number of hydrogen-bond acceptors (Lipinski definition) is 4. The van der Waals surface area contributed by atoms with E-state index < -0.39 is 0 Å². The van der Waals surface area contributed by atoms with E-state index in [0.29, 0.717) is 6.42 Å². The van der Waals surface area contributed by atoms with Gasteiger partial charge in [0.25, 0.3) is 0 Å². The first kappa shape index (κ1) is 21.5. The van der Waals surface area contributed by atoms with Crippen LogP contribution in [0, 0.1) is 13.8 Å². The lowest BCUT2D eigenvalue weighted by Gasteiger charge is -2.33. The Morgan fingerprint density at radius 1 is 1.03 bits per heavy atom. The first-order chi connectivity index (χ1) is 14.1. The molecule has 158 valence electrons. The fourth-order valence-corrected chi connectivity index (χ4v) is 3.99. The molecule has 1 N–H and O–H groups in total. The van der Waals surface area contributed by atoms with Crippen molar-refractivity contribution in [2.45, 2.75) is 40.0 Å². The summed E-state index contributed by atoms with van der Waals surface area (Å²) in [7, 11) is 0. The number of likely N-dealkylation sites (N-methyl/N-ethyl adjacent to an activating group) is 1. The summed E-state index contributed by atoms with van der Waals surface area (Å²) in [5.74, 6) is 0.0837. The van der Waals surface area contributed by atoms with Crippen molar-refractivity contribution in [3.8, 4) is 5.69 Å². The maximum atomic E-state index is 12.4. The molecule has 0 spiro atoms. The van der Waals surface area contributed by atoms with E-state index in [2.05, 4.69) is 27.1 Å². The Morgan fingerprint density at radius 2 is 1.72 bits per heavy atom. The molecule has 1 fully saturated rings. The van der Waals surface area contributed by atoms with E-state index in [1.165, 1.54) is 26.2 Å². The standard InChI is InChI=1S/C23H35N5O/c1-4-26-14-16-27(17-15-26)13-9-8-12-24-23(29)18-22-19(2)25-28(20(22)3)21-10-6-5-7-11-21/h5-7,10-11H,4,8-9,12-18H2,1-3H3,(H,24,29). The van der Waals surface area contributed by atoms with Crippen LogP contribution in [0.4, 0.5) is 0 Å². The molecule has 0 aliphatic carbocycles. The van der Waals surface area contributed by atoms with Gasteiger partial charge in [-0.3, -0.25) is 4.79 Å². The monoisotopic (exact) mass is 397 g/mol. The van der Waals surface area contributed by atoms with Crippen LogP contribution in [0.2, 0.25) is 0 Å². The highest BCUT2D eigenvalue weighted by Gasteiger charge is 2.16. The van der Waals surface area contributed by atoms with E-state index in [-0.39, 0.29) is 5.91 Å². The summed E-state index contributed by atoms with van der Waals surface area (Å²) in [6.07, 6.45) is 2.56. The van der Waals surface area contributed by atoms with Crippen molar-refractivity contribution < 1.29 is 4.79 Å². The lowest BCUT2D eigenvalue weighted by molar-refractivity contribution is -0.120. The zero-order valence-corrected chi connectivity index (χ0v) is 18.2. The smallest absolute Gasteiger partial charge is 0.224 e. The van der Waals surface area contributed by atoms with Crippen LogP contribution in [-0.2, 0) is 11.2 Å². The number of carbonyl (C=O) groups excluding carboxylic acids is 1. The van der Waals surface area contributed by atoms with Gasteiger partial charge < -0.3 is 15.1 Å². The van der Waals surface area contributed by atoms with Crippen molar-refractivity contribution in [3.05, 3.63) is 47.3 Å². The summed E-state index contributed by atoms with van der Waals surface area (Å²) < 4.78 is 1.93. The number of aryl methyl sites for hydroxylation is 1. The third kappa shape index (κ3) is 5.90. The quantitative estimate of drug-likeness (QED) is 0.661. The minimum atomic E-state index is 0.0837. The van der Waals surface area contributed by atoms with Crippen molar-refractivity contribution in [2.75, 3.05) is 45.8 Å². The number of benzene rings is 1. The number of para-hydroxylation sites is 1. The normalized spacial score (nSPS) is 15.6. The second-order valence-electron chi connectivity index (χ2n) is 7.91. The molecule has 1 saturated heterocycles. The molecule has 2 heterocycles. The van der Waals surface area contributed by atoms with Crippen LogP contribution in [-0.4, -0.2) is 71.3 Å². The first-order valence-corrected chi connectivity index (χ1v) is 10.9. The summed E-state index contributed by atoms with van der Waals surface area (Å²) in [6, 6.07) is 10.1. The van der Waals surface area contributed by atoms with Crippen LogP contribution in [0.15, 0.2) is 30.3 Å². The average Bonchev–Trinajstić information content (AvgIpc) is 3.03. The van der Waals surface area contributed by atoms with E-state index in [4.69, 9.17) is 0 Å². The Hall–Kier alpha value is -2.18. The van der Waals surface area contributed by atoms with Gasteiger partial charge in [-0.2, -0.15) is 5.10 Å². The molecule has 2 aromatic rings. The summed E-state index contributed by atoms with van der Waals surface area (Å²) in [5.41, 5.74) is 4.02. The zero-order chi connectivity index (χ0) is 20.6. The molecule has 1 aliphatic heterocycles. The van der Waals surface area contributed by atoms with Crippen LogP contribution >= 0.6 is 0 Å². The molecule has 1 aromatic carbocycles. The highest BCUT2D eigenvalue weighted by Crippen LogP contribution is 2.18. The van der Waals surface area contributed by atoms with Crippen molar-refractivity contribution in [2.24, 2.45) is 0 Å². The van der Waals surface area contributed by atoms with E-state index >= 15 is 0 Å². The van der Waals surface area contributed by atoms with Crippen molar-refractivity contribution in [1.29, 1.82) is 0 Å². The molecule has 1 aliphatic rings. The van der Waals surface area contributed by atoms with Crippen LogP contribution < -0.4 is 5.32 Å². The Labute approximate surface area is 174 Å². The van der Waals surface area contributed by atoms with Gasteiger partial charge in [0.05, 0.1) is 17.8 Å². The van der Waals surface area contributed by atoms with E-state index in [9.17, 15) is 4.79 Å². The van der Waals surface area contributed by atoms with Gasteiger partial charge in [-0.1, -0.05) is 25.1 Å². The van der Waals surface area contributed by atoms with Crippen LogP contribution in [0.5, 0.6) is 0 Å². The molecule has 1 aromatic heterocycles. The number of carbonyl (C=O) groups is 1. The molecular formula is C23H35N5O. The highest BCUT2D eigenvalue weighted by atomic mass is 16.1. The van der Waals surface area contributed by atoms with Crippen molar-refractivity contribution in [1.82, 2.24) is 24.9 Å². The van der Waals surface area contributed by atoms with Gasteiger partial charge in [0, 0.05) is 44.0 Å².